The molecule has 2 aliphatic carbocycles. The van der Waals surface area contributed by atoms with Crippen molar-refractivity contribution >= 4 is 21.9 Å². The minimum atomic E-state index is -3.29. The van der Waals surface area contributed by atoms with Crippen LogP contribution in [0.3, 0.4) is 0 Å². The van der Waals surface area contributed by atoms with E-state index in [0.29, 0.717) is 31.5 Å². The predicted octanol–water partition coefficient (Wildman–Crippen LogP) is 0.910. The third kappa shape index (κ3) is 6.62. The minimum Gasteiger partial charge on any atom is -0.357 e. The maximum absolute atomic E-state index is 12.7. The molecule has 8 nitrogen and oxygen atoms in total. The van der Waals surface area contributed by atoms with Gasteiger partial charge in [0.15, 0.2) is 5.96 Å². The summed E-state index contributed by atoms with van der Waals surface area (Å²) in [7, 11) is 0.291. The smallest absolute Gasteiger partial charge is 0.230 e. The van der Waals surface area contributed by atoms with Gasteiger partial charge in [-0.05, 0) is 38.5 Å². The maximum atomic E-state index is 12.7. The first-order valence-electron chi connectivity index (χ1n) is 10.5. The monoisotopic (exact) mass is 415 g/mol. The molecule has 2 aliphatic rings. The molecule has 0 radical (unpaired) electrons. The molecule has 0 aliphatic heterocycles. The van der Waals surface area contributed by atoms with Gasteiger partial charge in [-0.15, -0.1) is 0 Å². The van der Waals surface area contributed by atoms with Crippen molar-refractivity contribution in [3.63, 3.8) is 0 Å². The van der Waals surface area contributed by atoms with Crippen LogP contribution in [0.5, 0.6) is 0 Å². The third-order valence-electron chi connectivity index (χ3n) is 5.78. The van der Waals surface area contributed by atoms with Gasteiger partial charge in [-0.3, -0.25) is 9.79 Å². The Hall–Kier alpha value is -1.35. The van der Waals surface area contributed by atoms with Crippen LogP contribution in [0.4, 0.5) is 0 Å². The normalized spacial score (nSPS) is 19.9. The quantitative estimate of drug-likeness (QED) is 0.364. The Bertz CT molecular complexity index is 638. The van der Waals surface area contributed by atoms with Gasteiger partial charge in [-0.1, -0.05) is 19.3 Å². The highest BCUT2D eigenvalue weighted by molar-refractivity contribution is 7.89. The summed E-state index contributed by atoms with van der Waals surface area (Å²) in [4.78, 5) is 18.9. The second-order valence-corrected chi connectivity index (χ2v) is 10.2. The van der Waals surface area contributed by atoms with Gasteiger partial charge in [0.25, 0.3) is 0 Å². The number of nitrogens with one attached hydrogen (secondary N) is 3. The Labute approximate surface area is 170 Å². The Morgan fingerprint density at radius 1 is 1.14 bits per heavy atom. The molecule has 2 rings (SSSR count). The number of rotatable bonds is 10. The number of carbonyl (C=O) groups excluding carboxylic acids is 1. The Morgan fingerprint density at radius 2 is 1.82 bits per heavy atom. The zero-order chi connectivity index (χ0) is 20.6. The molecule has 3 N–H and O–H groups in total. The summed E-state index contributed by atoms with van der Waals surface area (Å²) in [5, 5.41) is 6.24. The van der Waals surface area contributed by atoms with Crippen LogP contribution < -0.4 is 15.4 Å². The van der Waals surface area contributed by atoms with E-state index in [0.717, 1.165) is 38.5 Å². The molecule has 0 bridgehead atoms. The largest absolute Gasteiger partial charge is 0.357 e. The van der Waals surface area contributed by atoms with Crippen LogP contribution in [-0.2, 0) is 14.8 Å². The first kappa shape index (κ1) is 22.9. The van der Waals surface area contributed by atoms with Crippen molar-refractivity contribution in [3.05, 3.63) is 0 Å². The summed E-state index contributed by atoms with van der Waals surface area (Å²) in [6.07, 6.45) is 7.23. The number of carbonyl (C=O) groups is 1. The van der Waals surface area contributed by atoms with Crippen molar-refractivity contribution in [2.45, 2.75) is 51.9 Å². The second kappa shape index (κ2) is 10.4. The van der Waals surface area contributed by atoms with E-state index in [4.69, 9.17) is 0 Å². The van der Waals surface area contributed by atoms with Crippen molar-refractivity contribution < 1.29 is 13.2 Å². The van der Waals surface area contributed by atoms with Crippen LogP contribution in [0.15, 0.2) is 4.99 Å². The fourth-order valence-corrected chi connectivity index (χ4v) is 4.86. The minimum absolute atomic E-state index is 0.00586. The maximum Gasteiger partial charge on any atom is 0.230 e. The fourth-order valence-electron chi connectivity index (χ4n) is 3.86. The molecule has 162 valence electrons. The van der Waals surface area contributed by atoms with Crippen molar-refractivity contribution in [1.82, 2.24) is 20.3 Å². The zero-order valence-electron chi connectivity index (χ0n) is 17.6. The van der Waals surface area contributed by atoms with E-state index in [-0.39, 0.29) is 18.2 Å². The Balaban J connectivity index is 1.87. The molecule has 0 atom stereocenters. The van der Waals surface area contributed by atoms with Crippen LogP contribution in [0.1, 0.15) is 51.9 Å². The van der Waals surface area contributed by atoms with Gasteiger partial charge < -0.3 is 15.5 Å². The summed E-state index contributed by atoms with van der Waals surface area (Å²) in [5.74, 6) is 1.20. The number of nitrogens with zero attached hydrogens (tertiary/aromatic N) is 2. The van der Waals surface area contributed by atoms with Crippen molar-refractivity contribution in [3.8, 4) is 0 Å². The first-order chi connectivity index (χ1) is 13.3. The Morgan fingerprint density at radius 3 is 2.36 bits per heavy atom. The van der Waals surface area contributed by atoms with E-state index in [1.54, 1.807) is 19.0 Å². The number of hydrogen-bond acceptors (Lipinski definition) is 4. The van der Waals surface area contributed by atoms with Gasteiger partial charge in [-0.2, -0.15) is 0 Å². The zero-order valence-corrected chi connectivity index (χ0v) is 18.4. The molecule has 0 aromatic carbocycles. The van der Waals surface area contributed by atoms with E-state index in [1.807, 2.05) is 6.92 Å². The van der Waals surface area contributed by atoms with Crippen molar-refractivity contribution in [2.24, 2.45) is 16.3 Å². The second-order valence-electron chi connectivity index (χ2n) is 8.27. The number of aliphatic imine (C=N–C) groups is 1. The highest BCUT2D eigenvalue weighted by Gasteiger charge is 2.42. The van der Waals surface area contributed by atoms with Gasteiger partial charge in [0.05, 0.1) is 17.7 Å². The molecule has 0 unspecified atom stereocenters. The SMILES string of the molecule is CCNC(=NCC1(C(=O)N(C)C)CCCC1)NCCS(=O)(=O)NCC1CCC1. The van der Waals surface area contributed by atoms with Crippen LogP contribution in [0.25, 0.3) is 0 Å². The molecule has 2 fully saturated rings. The van der Waals surface area contributed by atoms with Crippen LogP contribution in [0.2, 0.25) is 0 Å². The number of guanidine groups is 1. The lowest BCUT2D eigenvalue weighted by atomic mass is 9.85. The molecule has 28 heavy (non-hydrogen) atoms. The van der Waals surface area contributed by atoms with Gasteiger partial charge in [-0.25, -0.2) is 13.1 Å². The van der Waals surface area contributed by atoms with Gasteiger partial charge in [0, 0.05) is 33.7 Å². The first-order valence-corrected chi connectivity index (χ1v) is 12.1. The van der Waals surface area contributed by atoms with Crippen LogP contribution in [0, 0.1) is 11.3 Å². The van der Waals surface area contributed by atoms with E-state index >= 15 is 0 Å². The average Bonchev–Trinajstić information content (AvgIpc) is 3.07. The van der Waals surface area contributed by atoms with Gasteiger partial charge in [0.1, 0.15) is 0 Å². The molecule has 0 spiro atoms. The summed E-state index contributed by atoms with van der Waals surface area (Å²) in [5.41, 5.74) is -0.428. The molecule has 0 saturated heterocycles. The molecular formula is C19H37N5O3S. The van der Waals surface area contributed by atoms with E-state index in [1.165, 1.54) is 6.42 Å². The molecule has 0 aromatic heterocycles. The molecule has 0 aromatic rings. The highest BCUT2D eigenvalue weighted by atomic mass is 32.2. The number of sulfonamides is 1. The summed E-state index contributed by atoms with van der Waals surface area (Å²) >= 11 is 0. The number of hydrogen-bond donors (Lipinski definition) is 3. The molecule has 1 amide bonds. The van der Waals surface area contributed by atoms with Crippen LogP contribution >= 0.6 is 0 Å². The van der Waals surface area contributed by atoms with Crippen molar-refractivity contribution in [2.75, 3.05) is 46.0 Å². The topological polar surface area (TPSA) is 103 Å². The summed E-state index contributed by atoms with van der Waals surface area (Å²) in [6, 6.07) is 0. The van der Waals surface area contributed by atoms with Gasteiger partial charge in [0.2, 0.25) is 15.9 Å². The predicted molar refractivity (Wildman–Crippen MR) is 113 cm³/mol. The average molecular weight is 416 g/mol. The van der Waals surface area contributed by atoms with Crippen LogP contribution in [-0.4, -0.2) is 71.2 Å². The third-order valence-corrected chi connectivity index (χ3v) is 7.13. The lowest BCUT2D eigenvalue weighted by Crippen LogP contribution is -2.44. The standard InChI is InChI=1S/C19H37N5O3S/c1-4-20-18(21-12-13-28(26,27)23-14-16-8-7-9-16)22-15-19(10-5-6-11-19)17(25)24(2)3/h16,23H,4-15H2,1-3H3,(H2,20,21,22). The lowest BCUT2D eigenvalue weighted by molar-refractivity contribution is -0.138. The molecular weight excluding hydrogens is 378 g/mol. The Kier molecular flexibility index (Phi) is 8.55. The lowest BCUT2D eigenvalue weighted by Gasteiger charge is -2.29. The molecule has 9 heteroatoms. The van der Waals surface area contributed by atoms with E-state index in [9.17, 15) is 13.2 Å². The molecule has 2 saturated carbocycles. The summed E-state index contributed by atoms with van der Waals surface area (Å²) < 4.78 is 27.0. The van der Waals surface area contributed by atoms with E-state index in [2.05, 4.69) is 20.3 Å². The number of amides is 1. The fraction of sp³-hybridized carbons (Fsp3) is 0.895. The van der Waals surface area contributed by atoms with Gasteiger partial charge >= 0.3 is 0 Å². The molecule has 0 heterocycles. The summed E-state index contributed by atoms with van der Waals surface area (Å²) in [6.45, 7) is 3.88. The van der Waals surface area contributed by atoms with E-state index < -0.39 is 15.4 Å². The highest BCUT2D eigenvalue weighted by Crippen LogP contribution is 2.39. The van der Waals surface area contributed by atoms with Crippen molar-refractivity contribution in [1.29, 1.82) is 0 Å².